The van der Waals surface area contributed by atoms with Crippen LogP contribution in [0.25, 0.3) is 10.9 Å². The molecule has 0 spiro atoms. The molecule has 0 fully saturated rings. The minimum absolute atomic E-state index is 0.197. The second-order valence-corrected chi connectivity index (χ2v) is 3.73. The van der Waals surface area contributed by atoms with Gasteiger partial charge in [-0.2, -0.15) is 18.4 Å². The van der Waals surface area contributed by atoms with Crippen LogP contribution in [-0.4, -0.2) is 17.4 Å². The topological polar surface area (TPSA) is 38.0 Å². The van der Waals surface area contributed by atoms with Crippen molar-refractivity contribution in [2.24, 2.45) is 0 Å². The van der Waals surface area contributed by atoms with Gasteiger partial charge in [-0.25, -0.2) is 0 Å². The zero-order valence-electron chi connectivity index (χ0n) is 9.24. The SMILES string of the molecule is N#Cc1cccc2c1ccn2COCC(F)(F)F. The lowest BCUT2D eigenvalue weighted by atomic mass is 10.1. The molecular weight excluding hydrogens is 245 g/mol. The molecule has 3 nitrogen and oxygen atoms in total. The predicted molar refractivity (Wildman–Crippen MR) is 58.7 cm³/mol. The lowest BCUT2D eigenvalue weighted by molar-refractivity contribution is -0.181. The van der Waals surface area contributed by atoms with Crippen molar-refractivity contribution in [1.82, 2.24) is 4.57 Å². The summed E-state index contributed by atoms with van der Waals surface area (Å²) in [5.74, 6) is 0. The normalized spacial score (nSPS) is 11.7. The third-order valence-corrected chi connectivity index (χ3v) is 2.43. The molecule has 18 heavy (non-hydrogen) atoms. The summed E-state index contributed by atoms with van der Waals surface area (Å²) >= 11 is 0. The maximum Gasteiger partial charge on any atom is 0.411 e. The Labute approximate surface area is 101 Å². The maximum absolute atomic E-state index is 11.9. The van der Waals surface area contributed by atoms with Crippen LogP contribution in [0.2, 0.25) is 0 Å². The smallest absolute Gasteiger partial charge is 0.351 e. The minimum Gasteiger partial charge on any atom is -0.351 e. The number of hydrogen-bond donors (Lipinski definition) is 0. The molecule has 2 aromatic rings. The molecule has 0 atom stereocenters. The summed E-state index contributed by atoms with van der Waals surface area (Å²) in [5.41, 5.74) is 1.17. The lowest BCUT2D eigenvalue weighted by Crippen LogP contribution is -2.18. The molecule has 94 valence electrons. The molecule has 2 rings (SSSR count). The molecule has 0 saturated carbocycles. The van der Waals surface area contributed by atoms with E-state index in [0.29, 0.717) is 16.5 Å². The summed E-state index contributed by atoms with van der Waals surface area (Å²) < 4.78 is 41.9. The highest BCUT2D eigenvalue weighted by Crippen LogP contribution is 2.20. The standard InChI is InChI=1S/C12H9F3N2O/c13-12(14,15)7-18-8-17-5-4-10-9(6-16)2-1-3-11(10)17/h1-5H,7-8H2. The summed E-state index contributed by atoms with van der Waals surface area (Å²) in [6, 6.07) is 8.78. The Morgan fingerprint density at radius 1 is 1.28 bits per heavy atom. The molecular formula is C12H9F3N2O. The Bertz CT molecular complexity index is 595. The summed E-state index contributed by atoms with van der Waals surface area (Å²) in [6.07, 6.45) is -2.73. The molecule has 0 N–H and O–H groups in total. The predicted octanol–water partition coefficient (Wildman–Crippen LogP) is 3.05. The Morgan fingerprint density at radius 3 is 2.72 bits per heavy atom. The zero-order valence-corrected chi connectivity index (χ0v) is 9.24. The van der Waals surface area contributed by atoms with Gasteiger partial charge in [0.25, 0.3) is 0 Å². The van der Waals surface area contributed by atoms with E-state index in [0.717, 1.165) is 0 Å². The molecule has 0 radical (unpaired) electrons. The Balaban J connectivity index is 2.18. The monoisotopic (exact) mass is 254 g/mol. The van der Waals surface area contributed by atoms with E-state index in [1.807, 2.05) is 6.07 Å². The highest BCUT2D eigenvalue weighted by molar-refractivity contribution is 5.85. The van der Waals surface area contributed by atoms with Gasteiger partial charge < -0.3 is 9.30 Å². The first-order valence-electron chi connectivity index (χ1n) is 5.14. The largest absolute Gasteiger partial charge is 0.411 e. The fourth-order valence-corrected chi connectivity index (χ4v) is 1.69. The molecule has 0 amide bonds. The average Bonchev–Trinajstić information content (AvgIpc) is 2.71. The van der Waals surface area contributed by atoms with E-state index >= 15 is 0 Å². The molecule has 0 aliphatic heterocycles. The Kier molecular flexibility index (Phi) is 3.26. The highest BCUT2D eigenvalue weighted by atomic mass is 19.4. The number of fused-ring (bicyclic) bond motifs is 1. The first kappa shape index (κ1) is 12.5. The van der Waals surface area contributed by atoms with Crippen molar-refractivity contribution in [3.63, 3.8) is 0 Å². The molecule has 1 aromatic carbocycles. The van der Waals surface area contributed by atoms with Crippen LogP contribution in [0.15, 0.2) is 30.5 Å². The van der Waals surface area contributed by atoms with Gasteiger partial charge in [0.2, 0.25) is 0 Å². The van der Waals surface area contributed by atoms with Crippen molar-refractivity contribution < 1.29 is 17.9 Å². The third kappa shape index (κ3) is 2.63. The van der Waals surface area contributed by atoms with Crippen LogP contribution in [0, 0.1) is 11.3 Å². The third-order valence-electron chi connectivity index (χ3n) is 2.43. The Morgan fingerprint density at radius 2 is 2.06 bits per heavy atom. The van der Waals surface area contributed by atoms with Gasteiger partial charge >= 0.3 is 6.18 Å². The van der Waals surface area contributed by atoms with E-state index in [4.69, 9.17) is 5.26 Å². The second-order valence-electron chi connectivity index (χ2n) is 3.73. The van der Waals surface area contributed by atoms with Gasteiger partial charge in [-0.15, -0.1) is 0 Å². The fraction of sp³-hybridized carbons (Fsp3) is 0.250. The molecule has 0 unspecified atom stereocenters. The number of nitrogens with zero attached hydrogens (tertiary/aromatic N) is 2. The highest BCUT2D eigenvalue weighted by Gasteiger charge is 2.27. The lowest BCUT2D eigenvalue weighted by Gasteiger charge is -2.09. The summed E-state index contributed by atoms with van der Waals surface area (Å²) in [4.78, 5) is 0. The van der Waals surface area contributed by atoms with Crippen LogP contribution < -0.4 is 0 Å². The van der Waals surface area contributed by atoms with Crippen LogP contribution in [0.1, 0.15) is 5.56 Å². The molecule has 1 heterocycles. The fourth-order valence-electron chi connectivity index (χ4n) is 1.69. The van der Waals surface area contributed by atoms with E-state index in [1.54, 1.807) is 30.5 Å². The Hall–Kier alpha value is -2.00. The van der Waals surface area contributed by atoms with Gasteiger partial charge in [-0.3, -0.25) is 0 Å². The number of halogens is 3. The molecule has 0 saturated heterocycles. The van der Waals surface area contributed by atoms with E-state index in [1.165, 1.54) is 4.57 Å². The van der Waals surface area contributed by atoms with Gasteiger partial charge in [-0.05, 0) is 18.2 Å². The second kappa shape index (κ2) is 4.70. The molecule has 1 aromatic heterocycles. The molecule has 0 aliphatic rings. The van der Waals surface area contributed by atoms with Gasteiger partial charge in [0.05, 0.1) is 17.1 Å². The number of nitriles is 1. The minimum atomic E-state index is -4.33. The van der Waals surface area contributed by atoms with Crippen LogP contribution in [-0.2, 0) is 11.5 Å². The molecule has 6 heteroatoms. The van der Waals surface area contributed by atoms with Crippen LogP contribution in [0.4, 0.5) is 13.2 Å². The molecule has 0 aliphatic carbocycles. The first-order chi connectivity index (χ1) is 8.51. The van der Waals surface area contributed by atoms with Crippen LogP contribution >= 0.6 is 0 Å². The van der Waals surface area contributed by atoms with Crippen molar-refractivity contribution >= 4 is 10.9 Å². The number of ether oxygens (including phenoxy) is 1. The quantitative estimate of drug-likeness (QED) is 0.844. The summed E-state index contributed by atoms with van der Waals surface area (Å²) in [7, 11) is 0. The van der Waals surface area contributed by atoms with Gasteiger partial charge in [0.15, 0.2) is 0 Å². The van der Waals surface area contributed by atoms with E-state index in [9.17, 15) is 13.2 Å². The number of hydrogen-bond acceptors (Lipinski definition) is 2. The maximum atomic E-state index is 11.9. The molecule has 0 bridgehead atoms. The van der Waals surface area contributed by atoms with E-state index < -0.39 is 12.8 Å². The average molecular weight is 254 g/mol. The summed E-state index contributed by atoms with van der Waals surface area (Å²) in [5, 5.41) is 9.59. The summed E-state index contributed by atoms with van der Waals surface area (Å²) in [6.45, 7) is -1.48. The van der Waals surface area contributed by atoms with E-state index in [2.05, 4.69) is 4.74 Å². The number of rotatable bonds is 3. The van der Waals surface area contributed by atoms with Crippen molar-refractivity contribution in [2.45, 2.75) is 12.9 Å². The zero-order chi connectivity index (χ0) is 13.2. The van der Waals surface area contributed by atoms with Gasteiger partial charge in [-0.1, -0.05) is 6.07 Å². The number of alkyl halides is 3. The van der Waals surface area contributed by atoms with Crippen molar-refractivity contribution in [3.05, 3.63) is 36.0 Å². The van der Waals surface area contributed by atoms with Crippen LogP contribution in [0.5, 0.6) is 0 Å². The van der Waals surface area contributed by atoms with Gasteiger partial charge in [0, 0.05) is 11.6 Å². The van der Waals surface area contributed by atoms with Crippen molar-refractivity contribution in [2.75, 3.05) is 6.61 Å². The van der Waals surface area contributed by atoms with Gasteiger partial charge in [0.1, 0.15) is 13.3 Å². The van der Waals surface area contributed by atoms with Crippen molar-refractivity contribution in [3.8, 4) is 6.07 Å². The van der Waals surface area contributed by atoms with E-state index in [-0.39, 0.29) is 6.73 Å². The first-order valence-corrected chi connectivity index (χ1v) is 5.14. The van der Waals surface area contributed by atoms with Crippen LogP contribution in [0.3, 0.4) is 0 Å². The van der Waals surface area contributed by atoms with Crippen molar-refractivity contribution in [1.29, 1.82) is 5.26 Å². The number of aromatic nitrogens is 1. The number of benzene rings is 1.